The molecule has 7 nitrogen and oxygen atoms in total. The monoisotopic (exact) mass is 359 g/mol. The summed E-state index contributed by atoms with van der Waals surface area (Å²) in [5.74, 6) is -0.520. The Hall–Kier alpha value is -2.83. The molecule has 1 aromatic carbocycles. The van der Waals surface area contributed by atoms with Crippen molar-refractivity contribution in [3.63, 3.8) is 0 Å². The molecule has 1 aromatic rings. The highest BCUT2D eigenvalue weighted by Gasteiger charge is 2.31. The van der Waals surface area contributed by atoms with Gasteiger partial charge in [-0.25, -0.2) is 4.79 Å². The molecule has 0 unspecified atom stereocenters. The van der Waals surface area contributed by atoms with E-state index < -0.39 is 11.7 Å². The first-order valence-corrected chi connectivity index (χ1v) is 8.54. The third kappa shape index (κ3) is 4.84. The average molecular weight is 359 g/mol. The Morgan fingerprint density at radius 2 is 1.92 bits per heavy atom. The molecule has 0 spiro atoms. The molecule has 0 aromatic heterocycles. The largest absolute Gasteiger partial charge is 0.443 e. The summed E-state index contributed by atoms with van der Waals surface area (Å²) in [5.41, 5.74) is 1.48. The number of carbonyl (C=O) groups is 3. The first kappa shape index (κ1) is 19.5. The Balaban J connectivity index is 2.05. The second kappa shape index (κ2) is 8.03. The van der Waals surface area contributed by atoms with Crippen LogP contribution in [0.25, 0.3) is 0 Å². The molecular weight excluding hydrogens is 334 g/mol. The maximum absolute atomic E-state index is 12.4. The lowest BCUT2D eigenvalue weighted by Crippen LogP contribution is -2.35. The number of hydrogen-bond acceptors (Lipinski definition) is 4. The molecule has 140 valence electrons. The van der Waals surface area contributed by atoms with Gasteiger partial charge in [0.15, 0.2) is 0 Å². The standard InChI is InChI=1S/C19H25N3O4/c1-5-16(23)20-10-11-21-17(24)14-7-6-8-15-13(14)9-12-22(15)18(25)26-19(2,3)4/h5-8H,1,9-12H2,2-4H3,(H,20,23)(H,21,24). The SMILES string of the molecule is C=CC(=O)NCCNC(=O)c1cccc2c1CCN2C(=O)OC(C)(C)C. The lowest BCUT2D eigenvalue weighted by molar-refractivity contribution is -0.116. The zero-order valence-corrected chi connectivity index (χ0v) is 15.4. The van der Waals surface area contributed by atoms with Crippen LogP contribution in [0.5, 0.6) is 0 Å². The minimum atomic E-state index is -0.579. The maximum atomic E-state index is 12.4. The van der Waals surface area contributed by atoms with E-state index >= 15 is 0 Å². The van der Waals surface area contributed by atoms with E-state index in [0.717, 1.165) is 5.56 Å². The van der Waals surface area contributed by atoms with Gasteiger partial charge in [0, 0.05) is 25.2 Å². The Kier molecular flexibility index (Phi) is 6.02. The van der Waals surface area contributed by atoms with E-state index in [9.17, 15) is 14.4 Å². The van der Waals surface area contributed by atoms with Gasteiger partial charge in [-0.3, -0.25) is 14.5 Å². The topological polar surface area (TPSA) is 87.7 Å². The fourth-order valence-corrected chi connectivity index (χ4v) is 2.68. The van der Waals surface area contributed by atoms with Gasteiger partial charge in [-0.1, -0.05) is 12.6 Å². The first-order valence-electron chi connectivity index (χ1n) is 8.54. The van der Waals surface area contributed by atoms with Gasteiger partial charge in [0.25, 0.3) is 5.91 Å². The van der Waals surface area contributed by atoms with Crippen molar-refractivity contribution >= 4 is 23.6 Å². The molecule has 0 saturated carbocycles. The fourth-order valence-electron chi connectivity index (χ4n) is 2.68. The molecule has 0 atom stereocenters. The van der Waals surface area contributed by atoms with Gasteiger partial charge in [-0.2, -0.15) is 0 Å². The second-order valence-corrected chi connectivity index (χ2v) is 6.94. The Bertz CT molecular complexity index is 722. The van der Waals surface area contributed by atoms with E-state index in [0.29, 0.717) is 37.3 Å². The number of ether oxygens (including phenoxy) is 1. The number of hydrogen-bond donors (Lipinski definition) is 2. The minimum absolute atomic E-state index is 0.235. The summed E-state index contributed by atoms with van der Waals surface area (Å²) in [5, 5.41) is 5.36. The average Bonchev–Trinajstić information content (AvgIpc) is 3.00. The van der Waals surface area contributed by atoms with Crippen LogP contribution < -0.4 is 15.5 Å². The summed E-state index contributed by atoms with van der Waals surface area (Å²) < 4.78 is 5.43. The molecule has 1 heterocycles. The van der Waals surface area contributed by atoms with Crippen molar-refractivity contribution in [3.8, 4) is 0 Å². The molecule has 0 bridgehead atoms. The molecule has 2 N–H and O–H groups in total. The van der Waals surface area contributed by atoms with Crippen molar-refractivity contribution in [3.05, 3.63) is 42.0 Å². The first-order chi connectivity index (χ1) is 12.2. The molecule has 26 heavy (non-hydrogen) atoms. The van der Waals surface area contributed by atoms with Crippen LogP contribution in [0, 0.1) is 0 Å². The van der Waals surface area contributed by atoms with E-state index in [-0.39, 0.29) is 11.8 Å². The summed E-state index contributed by atoms with van der Waals surface area (Å²) in [6.07, 6.45) is 1.35. The highest BCUT2D eigenvalue weighted by Crippen LogP contribution is 2.31. The third-order valence-corrected chi connectivity index (χ3v) is 3.78. The lowest BCUT2D eigenvalue weighted by Gasteiger charge is -2.24. The van der Waals surface area contributed by atoms with E-state index in [1.807, 2.05) is 26.8 Å². The lowest BCUT2D eigenvalue weighted by atomic mass is 10.0. The quantitative estimate of drug-likeness (QED) is 0.622. The van der Waals surface area contributed by atoms with Gasteiger partial charge in [0.05, 0.1) is 5.69 Å². The van der Waals surface area contributed by atoms with Gasteiger partial charge in [-0.05, 0) is 51.0 Å². The van der Waals surface area contributed by atoms with Crippen LogP contribution in [0.2, 0.25) is 0 Å². The molecule has 1 aliphatic rings. The Morgan fingerprint density at radius 3 is 2.58 bits per heavy atom. The van der Waals surface area contributed by atoms with Crippen LogP contribution in [0.15, 0.2) is 30.9 Å². The minimum Gasteiger partial charge on any atom is -0.443 e. The van der Waals surface area contributed by atoms with E-state index in [2.05, 4.69) is 17.2 Å². The fraction of sp³-hybridized carbons (Fsp3) is 0.421. The zero-order chi connectivity index (χ0) is 19.3. The van der Waals surface area contributed by atoms with Crippen LogP contribution in [0.1, 0.15) is 36.7 Å². The second-order valence-electron chi connectivity index (χ2n) is 6.94. The number of nitrogens with one attached hydrogen (secondary N) is 2. The van der Waals surface area contributed by atoms with Gasteiger partial charge in [0.2, 0.25) is 5.91 Å². The van der Waals surface area contributed by atoms with Gasteiger partial charge in [-0.15, -0.1) is 0 Å². The molecule has 3 amide bonds. The molecule has 0 aliphatic carbocycles. The molecule has 2 rings (SSSR count). The predicted molar refractivity (Wildman–Crippen MR) is 99.3 cm³/mol. The molecule has 0 radical (unpaired) electrons. The third-order valence-electron chi connectivity index (χ3n) is 3.78. The molecule has 7 heteroatoms. The Labute approximate surface area is 153 Å². The molecule has 0 saturated heterocycles. The van der Waals surface area contributed by atoms with E-state index in [1.165, 1.54) is 6.08 Å². The normalized spacial score (nSPS) is 13.0. The summed E-state index contributed by atoms with van der Waals surface area (Å²) in [7, 11) is 0. The van der Waals surface area contributed by atoms with Crippen LogP contribution in [0.3, 0.4) is 0 Å². The van der Waals surface area contributed by atoms with Crippen molar-refractivity contribution < 1.29 is 19.1 Å². The highest BCUT2D eigenvalue weighted by molar-refractivity contribution is 6.00. The number of carbonyl (C=O) groups excluding carboxylic acids is 3. The predicted octanol–water partition coefficient (Wildman–Crippen LogP) is 2.02. The molecule has 1 aliphatic heterocycles. The van der Waals surface area contributed by atoms with Crippen LogP contribution in [-0.4, -0.2) is 43.1 Å². The van der Waals surface area contributed by atoms with Gasteiger partial charge < -0.3 is 15.4 Å². The zero-order valence-electron chi connectivity index (χ0n) is 15.4. The summed E-state index contributed by atoms with van der Waals surface area (Å²) in [4.78, 5) is 37.5. The van der Waals surface area contributed by atoms with Crippen LogP contribution in [-0.2, 0) is 16.0 Å². The van der Waals surface area contributed by atoms with Crippen molar-refractivity contribution in [2.45, 2.75) is 32.8 Å². The number of fused-ring (bicyclic) bond motifs is 1. The number of rotatable bonds is 5. The summed E-state index contributed by atoms with van der Waals surface area (Å²) in [6, 6.07) is 5.29. The maximum Gasteiger partial charge on any atom is 0.414 e. The number of amides is 3. The smallest absolute Gasteiger partial charge is 0.414 e. The highest BCUT2D eigenvalue weighted by atomic mass is 16.6. The van der Waals surface area contributed by atoms with Crippen LogP contribution in [0.4, 0.5) is 10.5 Å². The van der Waals surface area contributed by atoms with E-state index in [4.69, 9.17) is 4.74 Å². The van der Waals surface area contributed by atoms with Crippen molar-refractivity contribution in [1.29, 1.82) is 0 Å². The van der Waals surface area contributed by atoms with Crippen molar-refractivity contribution in [2.24, 2.45) is 0 Å². The van der Waals surface area contributed by atoms with Crippen molar-refractivity contribution in [1.82, 2.24) is 10.6 Å². The van der Waals surface area contributed by atoms with Gasteiger partial charge in [0.1, 0.15) is 5.60 Å². The number of benzene rings is 1. The number of anilines is 1. The molecule has 0 fully saturated rings. The van der Waals surface area contributed by atoms with Gasteiger partial charge >= 0.3 is 6.09 Å². The van der Waals surface area contributed by atoms with Crippen molar-refractivity contribution in [2.75, 3.05) is 24.5 Å². The van der Waals surface area contributed by atoms with Crippen LogP contribution >= 0.6 is 0 Å². The molecular formula is C19H25N3O4. The summed E-state index contributed by atoms with van der Waals surface area (Å²) in [6.45, 7) is 9.91. The Morgan fingerprint density at radius 1 is 1.23 bits per heavy atom. The van der Waals surface area contributed by atoms with E-state index in [1.54, 1.807) is 17.0 Å². The number of nitrogens with zero attached hydrogens (tertiary/aromatic N) is 1. The summed E-state index contributed by atoms with van der Waals surface area (Å²) >= 11 is 0.